The molecule has 0 fully saturated rings. The molecule has 4 heteroatoms. The lowest BCUT2D eigenvalue weighted by atomic mass is 10.1. The minimum Gasteiger partial charge on any atom is -0.494 e. The predicted molar refractivity (Wildman–Crippen MR) is 84.3 cm³/mol. The van der Waals surface area contributed by atoms with Gasteiger partial charge in [-0.15, -0.1) is 0 Å². The van der Waals surface area contributed by atoms with Crippen molar-refractivity contribution in [2.75, 3.05) is 12.3 Å². The number of amides is 1. The second-order valence-electron chi connectivity index (χ2n) is 4.76. The quantitative estimate of drug-likeness (QED) is 0.801. The molecule has 21 heavy (non-hydrogen) atoms. The minimum absolute atomic E-state index is 0.139. The van der Waals surface area contributed by atoms with Crippen molar-refractivity contribution < 1.29 is 9.53 Å². The van der Waals surface area contributed by atoms with Gasteiger partial charge < -0.3 is 15.8 Å². The van der Waals surface area contributed by atoms with E-state index in [0.717, 1.165) is 12.0 Å². The largest absolute Gasteiger partial charge is 0.494 e. The Morgan fingerprint density at radius 2 is 2.00 bits per heavy atom. The Balaban J connectivity index is 1.98. The van der Waals surface area contributed by atoms with Gasteiger partial charge in [-0.3, -0.25) is 4.79 Å². The summed E-state index contributed by atoms with van der Waals surface area (Å²) >= 11 is 0. The summed E-state index contributed by atoms with van der Waals surface area (Å²) < 4.78 is 5.53. The molecule has 0 saturated carbocycles. The van der Waals surface area contributed by atoms with Crippen LogP contribution >= 0.6 is 0 Å². The number of carbonyl (C=O) groups is 1. The Bertz CT molecular complexity index is 611. The Hall–Kier alpha value is -2.49. The molecule has 0 heterocycles. The number of hydrogen-bond donors (Lipinski definition) is 2. The third kappa shape index (κ3) is 4.24. The summed E-state index contributed by atoms with van der Waals surface area (Å²) in [6, 6.07) is 14.7. The fourth-order valence-corrected chi connectivity index (χ4v) is 1.92. The second-order valence-corrected chi connectivity index (χ2v) is 4.76. The smallest absolute Gasteiger partial charge is 0.251 e. The first-order valence-corrected chi connectivity index (χ1v) is 7.05. The number of nitrogens with two attached hydrogens (primary N) is 1. The topological polar surface area (TPSA) is 64.3 Å². The van der Waals surface area contributed by atoms with E-state index in [2.05, 4.69) is 5.32 Å². The average Bonchev–Trinajstić information content (AvgIpc) is 2.52. The van der Waals surface area contributed by atoms with Gasteiger partial charge in [0.15, 0.2) is 0 Å². The number of hydrogen-bond acceptors (Lipinski definition) is 3. The maximum atomic E-state index is 12.1. The molecule has 2 aromatic rings. The highest BCUT2D eigenvalue weighted by Crippen LogP contribution is 2.14. The maximum absolute atomic E-state index is 12.1. The van der Waals surface area contributed by atoms with Crippen LogP contribution < -0.4 is 15.8 Å². The summed E-state index contributed by atoms with van der Waals surface area (Å²) in [5.41, 5.74) is 8.02. The molecule has 2 aromatic carbocycles. The first-order chi connectivity index (χ1) is 10.2. The van der Waals surface area contributed by atoms with Gasteiger partial charge in [0.25, 0.3) is 5.91 Å². The molecule has 0 radical (unpaired) electrons. The SMILES string of the molecule is CCCOc1cccc(C(=O)NCc2ccccc2N)c1. The fourth-order valence-electron chi connectivity index (χ4n) is 1.92. The van der Waals surface area contributed by atoms with Gasteiger partial charge in [0.05, 0.1) is 6.61 Å². The van der Waals surface area contributed by atoms with E-state index in [-0.39, 0.29) is 5.91 Å². The van der Waals surface area contributed by atoms with Crippen molar-refractivity contribution in [1.82, 2.24) is 5.32 Å². The van der Waals surface area contributed by atoms with Gasteiger partial charge in [-0.25, -0.2) is 0 Å². The van der Waals surface area contributed by atoms with E-state index < -0.39 is 0 Å². The lowest BCUT2D eigenvalue weighted by Gasteiger charge is -2.09. The van der Waals surface area contributed by atoms with Gasteiger partial charge in [0.1, 0.15) is 5.75 Å². The Morgan fingerprint density at radius 1 is 1.19 bits per heavy atom. The monoisotopic (exact) mass is 284 g/mol. The molecule has 2 rings (SSSR count). The lowest BCUT2D eigenvalue weighted by Crippen LogP contribution is -2.23. The average molecular weight is 284 g/mol. The van der Waals surface area contributed by atoms with E-state index in [9.17, 15) is 4.79 Å². The third-order valence-electron chi connectivity index (χ3n) is 3.06. The minimum atomic E-state index is -0.139. The van der Waals surface area contributed by atoms with Crippen molar-refractivity contribution in [3.8, 4) is 5.75 Å². The van der Waals surface area contributed by atoms with Crippen LogP contribution in [-0.2, 0) is 6.54 Å². The van der Waals surface area contributed by atoms with Crippen molar-refractivity contribution in [3.63, 3.8) is 0 Å². The van der Waals surface area contributed by atoms with Gasteiger partial charge in [-0.05, 0) is 36.2 Å². The molecule has 110 valence electrons. The maximum Gasteiger partial charge on any atom is 0.251 e. The molecule has 0 aliphatic heterocycles. The standard InChI is InChI=1S/C17H20N2O2/c1-2-10-21-15-8-5-7-13(11-15)17(20)19-12-14-6-3-4-9-16(14)18/h3-9,11H,2,10,12,18H2,1H3,(H,19,20). The predicted octanol–water partition coefficient (Wildman–Crippen LogP) is 2.99. The van der Waals surface area contributed by atoms with E-state index in [0.29, 0.717) is 30.2 Å². The van der Waals surface area contributed by atoms with Crippen LogP contribution in [0.25, 0.3) is 0 Å². The van der Waals surface area contributed by atoms with E-state index in [1.54, 1.807) is 12.1 Å². The fraction of sp³-hybridized carbons (Fsp3) is 0.235. The molecule has 0 aliphatic rings. The number of ether oxygens (including phenoxy) is 1. The van der Waals surface area contributed by atoms with Crippen LogP contribution in [0.5, 0.6) is 5.75 Å². The number of benzene rings is 2. The molecule has 4 nitrogen and oxygen atoms in total. The third-order valence-corrected chi connectivity index (χ3v) is 3.06. The summed E-state index contributed by atoms with van der Waals surface area (Å²) in [5, 5.41) is 2.86. The number of nitrogen functional groups attached to an aromatic ring is 1. The van der Waals surface area contributed by atoms with E-state index in [4.69, 9.17) is 10.5 Å². The summed E-state index contributed by atoms with van der Waals surface area (Å²) in [6.45, 7) is 3.10. The summed E-state index contributed by atoms with van der Waals surface area (Å²) in [5.74, 6) is 0.573. The summed E-state index contributed by atoms with van der Waals surface area (Å²) in [6.07, 6.45) is 0.934. The number of anilines is 1. The van der Waals surface area contributed by atoms with Crippen LogP contribution in [0, 0.1) is 0 Å². The molecule has 3 N–H and O–H groups in total. The second kappa shape index (κ2) is 7.33. The van der Waals surface area contributed by atoms with E-state index >= 15 is 0 Å². The zero-order chi connectivity index (χ0) is 15.1. The van der Waals surface area contributed by atoms with Crippen LogP contribution in [0.3, 0.4) is 0 Å². The van der Waals surface area contributed by atoms with Gasteiger partial charge in [0, 0.05) is 17.8 Å². The Labute approximate surface area is 124 Å². The van der Waals surface area contributed by atoms with Crippen molar-refractivity contribution in [2.24, 2.45) is 0 Å². The van der Waals surface area contributed by atoms with Crippen molar-refractivity contribution in [2.45, 2.75) is 19.9 Å². The molecule has 0 unspecified atom stereocenters. The normalized spacial score (nSPS) is 10.1. The highest BCUT2D eigenvalue weighted by Gasteiger charge is 2.07. The number of carbonyl (C=O) groups excluding carboxylic acids is 1. The van der Waals surface area contributed by atoms with Crippen molar-refractivity contribution in [3.05, 3.63) is 59.7 Å². The Kier molecular flexibility index (Phi) is 5.21. The summed E-state index contributed by atoms with van der Waals surface area (Å²) in [4.78, 5) is 12.1. The molecular formula is C17H20N2O2. The van der Waals surface area contributed by atoms with Gasteiger partial charge in [-0.1, -0.05) is 31.2 Å². The first-order valence-electron chi connectivity index (χ1n) is 7.05. The number of para-hydroxylation sites is 1. The van der Waals surface area contributed by atoms with Gasteiger partial charge >= 0.3 is 0 Å². The van der Waals surface area contributed by atoms with Crippen LogP contribution in [-0.4, -0.2) is 12.5 Å². The highest BCUT2D eigenvalue weighted by molar-refractivity contribution is 5.94. The number of rotatable bonds is 6. The molecule has 0 atom stereocenters. The number of nitrogens with one attached hydrogen (secondary N) is 1. The van der Waals surface area contributed by atoms with Crippen molar-refractivity contribution in [1.29, 1.82) is 0 Å². The molecule has 0 bridgehead atoms. The van der Waals surface area contributed by atoms with Crippen LogP contribution in [0.4, 0.5) is 5.69 Å². The Morgan fingerprint density at radius 3 is 2.76 bits per heavy atom. The molecular weight excluding hydrogens is 264 g/mol. The summed E-state index contributed by atoms with van der Waals surface area (Å²) in [7, 11) is 0. The van der Waals surface area contributed by atoms with Crippen LogP contribution in [0.15, 0.2) is 48.5 Å². The van der Waals surface area contributed by atoms with Gasteiger partial charge in [-0.2, -0.15) is 0 Å². The van der Waals surface area contributed by atoms with Crippen molar-refractivity contribution >= 4 is 11.6 Å². The van der Waals surface area contributed by atoms with E-state index in [1.807, 2.05) is 43.3 Å². The molecule has 0 saturated heterocycles. The molecule has 0 aromatic heterocycles. The zero-order valence-corrected chi connectivity index (χ0v) is 12.1. The van der Waals surface area contributed by atoms with E-state index in [1.165, 1.54) is 0 Å². The molecule has 0 aliphatic carbocycles. The molecule has 0 spiro atoms. The molecule has 1 amide bonds. The highest BCUT2D eigenvalue weighted by atomic mass is 16.5. The lowest BCUT2D eigenvalue weighted by molar-refractivity contribution is 0.0950. The first kappa shape index (κ1) is 14.9. The van der Waals surface area contributed by atoms with Crippen LogP contribution in [0.1, 0.15) is 29.3 Å². The zero-order valence-electron chi connectivity index (χ0n) is 12.1. The van der Waals surface area contributed by atoms with Crippen LogP contribution in [0.2, 0.25) is 0 Å². The van der Waals surface area contributed by atoms with Gasteiger partial charge in [0.2, 0.25) is 0 Å².